The summed E-state index contributed by atoms with van der Waals surface area (Å²) < 4.78 is 5.27. The molecule has 1 saturated heterocycles. The van der Waals surface area contributed by atoms with Crippen LogP contribution >= 0.6 is 11.6 Å². The molecule has 7 nitrogen and oxygen atoms in total. The van der Waals surface area contributed by atoms with Crippen LogP contribution in [0, 0.1) is 0 Å². The second kappa shape index (κ2) is 8.05. The highest BCUT2D eigenvalue weighted by Gasteiger charge is 2.22. The number of hydrogen-bond donors (Lipinski definition) is 0. The average Bonchev–Trinajstić information content (AvgIpc) is 3.37. The van der Waals surface area contributed by atoms with E-state index in [1.54, 1.807) is 48.3 Å². The normalized spacial score (nSPS) is 13.7. The van der Waals surface area contributed by atoms with Crippen molar-refractivity contribution >= 4 is 29.1 Å². The number of halogens is 1. The van der Waals surface area contributed by atoms with E-state index in [2.05, 4.69) is 10.1 Å². The van der Waals surface area contributed by atoms with Gasteiger partial charge in [0.2, 0.25) is 17.6 Å². The molecule has 0 unspecified atom stereocenters. The Morgan fingerprint density at radius 2 is 1.97 bits per heavy atom. The Balaban J connectivity index is 1.43. The molecule has 1 aliphatic heterocycles. The smallest absolute Gasteiger partial charge is 0.254 e. The molecule has 0 saturated carbocycles. The van der Waals surface area contributed by atoms with Gasteiger partial charge in [0.15, 0.2) is 0 Å². The molecule has 8 heteroatoms. The zero-order valence-corrected chi connectivity index (χ0v) is 16.6. The van der Waals surface area contributed by atoms with Crippen molar-refractivity contribution in [1.29, 1.82) is 0 Å². The van der Waals surface area contributed by atoms with Gasteiger partial charge >= 0.3 is 0 Å². The molecule has 4 rings (SSSR count). The van der Waals surface area contributed by atoms with Crippen LogP contribution in [0.3, 0.4) is 0 Å². The molecule has 2 amide bonds. The predicted octanol–water partition coefficient (Wildman–Crippen LogP) is 3.79. The molecule has 148 valence electrons. The Kier molecular flexibility index (Phi) is 5.31. The van der Waals surface area contributed by atoms with Crippen LogP contribution in [0.4, 0.5) is 5.69 Å². The summed E-state index contributed by atoms with van der Waals surface area (Å²) in [5.41, 5.74) is 2.01. The molecule has 0 bridgehead atoms. The first-order valence-corrected chi connectivity index (χ1v) is 9.64. The second-order valence-electron chi connectivity index (χ2n) is 6.85. The van der Waals surface area contributed by atoms with Crippen molar-refractivity contribution in [2.45, 2.75) is 19.4 Å². The van der Waals surface area contributed by atoms with Crippen molar-refractivity contribution in [3.8, 4) is 11.4 Å². The first kappa shape index (κ1) is 19.1. The molecule has 0 radical (unpaired) electrons. The zero-order valence-electron chi connectivity index (χ0n) is 15.8. The van der Waals surface area contributed by atoms with Crippen LogP contribution in [0.2, 0.25) is 5.02 Å². The summed E-state index contributed by atoms with van der Waals surface area (Å²) in [6, 6.07) is 14.3. The van der Waals surface area contributed by atoms with E-state index < -0.39 is 0 Å². The Hall–Kier alpha value is -3.19. The van der Waals surface area contributed by atoms with Crippen LogP contribution in [-0.2, 0) is 11.3 Å². The SMILES string of the molecule is CN(Cc1nc(-c2ccccc2Cl)no1)C(=O)c1ccc(N2CCCC2=O)cc1. The van der Waals surface area contributed by atoms with E-state index in [9.17, 15) is 9.59 Å². The van der Waals surface area contributed by atoms with Gasteiger partial charge in [0.05, 0.1) is 11.6 Å². The molecule has 3 aromatic rings. The van der Waals surface area contributed by atoms with Crippen LogP contribution in [-0.4, -0.2) is 40.4 Å². The Labute approximate surface area is 172 Å². The van der Waals surface area contributed by atoms with E-state index in [1.165, 1.54) is 4.90 Å². The number of anilines is 1. The predicted molar refractivity (Wildman–Crippen MR) is 109 cm³/mol. The molecule has 2 aromatic carbocycles. The van der Waals surface area contributed by atoms with Gasteiger partial charge in [-0.05, 0) is 42.8 Å². The van der Waals surface area contributed by atoms with Crippen molar-refractivity contribution < 1.29 is 14.1 Å². The summed E-state index contributed by atoms with van der Waals surface area (Å²) >= 11 is 6.16. The van der Waals surface area contributed by atoms with Gasteiger partial charge in [-0.15, -0.1) is 0 Å². The molecule has 2 heterocycles. The van der Waals surface area contributed by atoms with Crippen LogP contribution < -0.4 is 4.90 Å². The molecule has 0 aliphatic carbocycles. The van der Waals surface area contributed by atoms with E-state index in [4.69, 9.17) is 16.1 Å². The highest BCUT2D eigenvalue weighted by atomic mass is 35.5. The van der Waals surface area contributed by atoms with Crippen LogP contribution in [0.15, 0.2) is 53.1 Å². The van der Waals surface area contributed by atoms with Crippen LogP contribution in [0.5, 0.6) is 0 Å². The number of hydrogen-bond acceptors (Lipinski definition) is 5. The molecule has 1 aromatic heterocycles. The number of benzene rings is 2. The summed E-state index contributed by atoms with van der Waals surface area (Å²) in [5.74, 6) is 0.634. The monoisotopic (exact) mass is 410 g/mol. The number of rotatable bonds is 5. The largest absolute Gasteiger partial charge is 0.337 e. The topological polar surface area (TPSA) is 79.5 Å². The number of amides is 2. The maximum absolute atomic E-state index is 12.7. The lowest BCUT2D eigenvalue weighted by Gasteiger charge is -2.18. The van der Waals surface area contributed by atoms with Gasteiger partial charge in [-0.3, -0.25) is 9.59 Å². The minimum absolute atomic E-state index is 0.118. The first-order chi connectivity index (χ1) is 14.0. The van der Waals surface area contributed by atoms with E-state index in [-0.39, 0.29) is 18.4 Å². The highest BCUT2D eigenvalue weighted by molar-refractivity contribution is 6.33. The third kappa shape index (κ3) is 4.00. The fourth-order valence-electron chi connectivity index (χ4n) is 3.27. The van der Waals surface area contributed by atoms with Crippen LogP contribution in [0.25, 0.3) is 11.4 Å². The minimum atomic E-state index is -0.179. The van der Waals surface area contributed by atoms with Crippen molar-refractivity contribution in [2.24, 2.45) is 0 Å². The molecule has 1 aliphatic rings. The molecule has 0 spiro atoms. The van der Waals surface area contributed by atoms with E-state index in [1.807, 2.05) is 12.1 Å². The number of aromatic nitrogens is 2. The number of carbonyl (C=O) groups is 2. The van der Waals surface area contributed by atoms with Gasteiger partial charge in [0.25, 0.3) is 5.91 Å². The lowest BCUT2D eigenvalue weighted by Crippen LogP contribution is -2.27. The number of nitrogens with zero attached hydrogens (tertiary/aromatic N) is 4. The molecular weight excluding hydrogens is 392 g/mol. The Morgan fingerprint density at radius 1 is 1.21 bits per heavy atom. The van der Waals surface area contributed by atoms with Crippen LogP contribution in [0.1, 0.15) is 29.1 Å². The zero-order chi connectivity index (χ0) is 20.4. The maximum Gasteiger partial charge on any atom is 0.254 e. The summed E-state index contributed by atoms with van der Waals surface area (Å²) in [7, 11) is 1.67. The summed E-state index contributed by atoms with van der Waals surface area (Å²) in [4.78, 5) is 32.1. The van der Waals surface area contributed by atoms with Gasteiger partial charge in [0.1, 0.15) is 0 Å². The standard InChI is InChI=1S/C21H19ClN4O3/c1-25(13-18-23-20(24-29-18)16-5-2-3-6-17(16)22)21(28)14-8-10-15(11-9-14)26-12-4-7-19(26)27/h2-3,5-6,8-11H,4,7,12-13H2,1H3. The Morgan fingerprint density at radius 3 is 2.66 bits per heavy atom. The third-order valence-electron chi connectivity index (χ3n) is 4.80. The quantitative estimate of drug-likeness (QED) is 0.639. The van der Waals surface area contributed by atoms with Crippen molar-refractivity contribution in [3.63, 3.8) is 0 Å². The van der Waals surface area contributed by atoms with Gasteiger partial charge < -0.3 is 14.3 Å². The fraction of sp³-hybridized carbons (Fsp3) is 0.238. The fourth-order valence-corrected chi connectivity index (χ4v) is 3.49. The highest BCUT2D eigenvalue weighted by Crippen LogP contribution is 2.25. The molecular formula is C21H19ClN4O3. The van der Waals surface area contributed by atoms with E-state index >= 15 is 0 Å². The van der Waals surface area contributed by atoms with Crippen molar-refractivity contribution in [3.05, 3.63) is 65.0 Å². The second-order valence-corrected chi connectivity index (χ2v) is 7.26. The lowest BCUT2D eigenvalue weighted by atomic mass is 10.1. The maximum atomic E-state index is 12.7. The average molecular weight is 411 g/mol. The summed E-state index contributed by atoms with van der Waals surface area (Å²) in [6.45, 7) is 0.888. The lowest BCUT2D eigenvalue weighted by molar-refractivity contribution is -0.117. The minimum Gasteiger partial charge on any atom is -0.337 e. The Bertz CT molecular complexity index is 1050. The van der Waals surface area contributed by atoms with E-state index in [0.717, 1.165) is 18.7 Å². The van der Waals surface area contributed by atoms with E-state index in [0.29, 0.717) is 34.3 Å². The molecule has 0 atom stereocenters. The van der Waals surface area contributed by atoms with Gasteiger partial charge in [-0.2, -0.15) is 4.98 Å². The first-order valence-electron chi connectivity index (χ1n) is 9.26. The summed E-state index contributed by atoms with van der Waals surface area (Å²) in [6.07, 6.45) is 1.44. The van der Waals surface area contributed by atoms with Gasteiger partial charge in [0, 0.05) is 36.8 Å². The van der Waals surface area contributed by atoms with Gasteiger partial charge in [-0.1, -0.05) is 28.9 Å². The molecule has 0 N–H and O–H groups in total. The van der Waals surface area contributed by atoms with Gasteiger partial charge in [-0.25, -0.2) is 0 Å². The van der Waals surface area contributed by atoms with Crippen molar-refractivity contribution in [1.82, 2.24) is 15.0 Å². The number of carbonyl (C=O) groups excluding carboxylic acids is 2. The molecule has 1 fully saturated rings. The molecule has 29 heavy (non-hydrogen) atoms. The van der Waals surface area contributed by atoms with Crippen molar-refractivity contribution in [2.75, 3.05) is 18.5 Å². The summed E-state index contributed by atoms with van der Waals surface area (Å²) in [5, 5.41) is 4.48. The third-order valence-corrected chi connectivity index (χ3v) is 5.13.